The van der Waals surface area contributed by atoms with Gasteiger partial charge in [0.2, 0.25) is 0 Å². The Morgan fingerprint density at radius 3 is 2.68 bits per heavy atom. The lowest BCUT2D eigenvalue weighted by molar-refractivity contribution is -0.123. The minimum atomic E-state index is -3.33. The zero-order chi connectivity index (χ0) is 14.1. The molecule has 0 aliphatic carbocycles. The quantitative estimate of drug-likeness (QED) is 0.899. The first-order valence-electron chi connectivity index (χ1n) is 5.98. The topological polar surface area (TPSA) is 47.6 Å². The smallest absolute Gasteiger partial charge is 0.299 e. The van der Waals surface area contributed by atoms with E-state index in [1.807, 2.05) is 0 Å². The molecule has 0 spiro atoms. The molecule has 6 heteroatoms. The fourth-order valence-electron chi connectivity index (χ4n) is 2.34. The van der Waals surface area contributed by atoms with Gasteiger partial charge in [0.1, 0.15) is 24.9 Å². The van der Waals surface area contributed by atoms with Crippen LogP contribution in [0.25, 0.3) is 0 Å². The van der Waals surface area contributed by atoms with Crippen molar-refractivity contribution in [2.24, 2.45) is 10.7 Å². The Hall–Kier alpha value is -1.56. The van der Waals surface area contributed by atoms with Crippen LogP contribution in [0.3, 0.4) is 0 Å². The van der Waals surface area contributed by atoms with Gasteiger partial charge in [-0.1, -0.05) is 25.1 Å². The van der Waals surface area contributed by atoms with E-state index in [9.17, 15) is 13.2 Å². The van der Waals surface area contributed by atoms with Gasteiger partial charge in [0.25, 0.3) is 5.92 Å². The standard InChI is InChI=1S/C13H15F3N2O/c1-2-12(9-5-3-4-6-10(9)14)13(15,16)8-19-7-11(17)18-12/h3-6H,2,7-8H2,1H3,(H2,17,18). The SMILES string of the molecule is CCC1(c2ccccc2F)N=C(N)COCC1(F)F. The van der Waals surface area contributed by atoms with Gasteiger partial charge >= 0.3 is 0 Å². The molecule has 0 aromatic heterocycles. The van der Waals surface area contributed by atoms with E-state index in [1.54, 1.807) is 0 Å². The summed E-state index contributed by atoms with van der Waals surface area (Å²) >= 11 is 0. The first-order valence-corrected chi connectivity index (χ1v) is 5.98. The van der Waals surface area contributed by atoms with E-state index < -0.39 is 23.9 Å². The summed E-state index contributed by atoms with van der Waals surface area (Å²) in [5, 5.41) is 0. The van der Waals surface area contributed by atoms with Crippen molar-refractivity contribution in [1.82, 2.24) is 0 Å². The number of alkyl halides is 2. The summed E-state index contributed by atoms with van der Waals surface area (Å²) in [7, 11) is 0. The molecule has 0 fully saturated rings. The summed E-state index contributed by atoms with van der Waals surface area (Å²) < 4.78 is 47.5. The van der Waals surface area contributed by atoms with E-state index in [0.29, 0.717) is 0 Å². The Morgan fingerprint density at radius 1 is 1.37 bits per heavy atom. The van der Waals surface area contributed by atoms with E-state index >= 15 is 0 Å². The van der Waals surface area contributed by atoms with Gasteiger partial charge in [-0.3, -0.25) is 4.99 Å². The van der Waals surface area contributed by atoms with Crippen molar-refractivity contribution in [2.45, 2.75) is 24.8 Å². The molecule has 0 saturated carbocycles. The van der Waals surface area contributed by atoms with E-state index in [2.05, 4.69) is 4.99 Å². The van der Waals surface area contributed by atoms with Crippen LogP contribution in [0.15, 0.2) is 29.3 Å². The van der Waals surface area contributed by atoms with Crippen molar-refractivity contribution in [3.05, 3.63) is 35.6 Å². The molecule has 104 valence electrons. The molecule has 0 bridgehead atoms. The molecule has 1 aromatic rings. The minimum absolute atomic E-state index is 0.0534. The molecule has 1 aliphatic heterocycles. The number of nitrogens with zero attached hydrogens (tertiary/aromatic N) is 1. The van der Waals surface area contributed by atoms with Crippen LogP contribution in [-0.4, -0.2) is 25.0 Å². The average molecular weight is 272 g/mol. The first-order chi connectivity index (χ1) is 8.93. The maximum atomic E-state index is 14.4. The molecule has 2 N–H and O–H groups in total. The summed E-state index contributed by atoms with van der Waals surface area (Å²) in [5.74, 6) is -4.10. The lowest BCUT2D eigenvalue weighted by Gasteiger charge is -2.35. The van der Waals surface area contributed by atoms with Crippen molar-refractivity contribution < 1.29 is 17.9 Å². The van der Waals surface area contributed by atoms with Gasteiger partial charge in [0.15, 0.2) is 5.54 Å². The van der Waals surface area contributed by atoms with Crippen molar-refractivity contribution in [1.29, 1.82) is 0 Å². The highest BCUT2D eigenvalue weighted by Crippen LogP contribution is 2.46. The molecule has 2 rings (SSSR count). The summed E-state index contributed by atoms with van der Waals surface area (Å²) in [6.45, 7) is 0.521. The number of ether oxygens (including phenoxy) is 1. The average Bonchev–Trinajstić information content (AvgIpc) is 2.47. The van der Waals surface area contributed by atoms with Crippen LogP contribution < -0.4 is 5.73 Å². The van der Waals surface area contributed by atoms with Crippen molar-refractivity contribution in [3.63, 3.8) is 0 Å². The zero-order valence-electron chi connectivity index (χ0n) is 10.5. The Kier molecular flexibility index (Phi) is 3.54. The highest BCUT2D eigenvalue weighted by molar-refractivity contribution is 5.82. The molecule has 0 radical (unpaired) electrons. The number of benzene rings is 1. The highest BCUT2D eigenvalue weighted by Gasteiger charge is 2.56. The summed E-state index contributed by atoms with van der Waals surface area (Å²) in [4.78, 5) is 3.89. The Bertz CT molecular complexity index is 504. The van der Waals surface area contributed by atoms with Crippen LogP contribution in [0.1, 0.15) is 18.9 Å². The lowest BCUT2D eigenvalue weighted by atomic mass is 9.81. The molecule has 0 amide bonds. The second-order valence-corrected chi connectivity index (χ2v) is 4.49. The molecule has 3 nitrogen and oxygen atoms in total. The van der Waals surface area contributed by atoms with Gasteiger partial charge in [0, 0.05) is 5.56 Å². The molecular weight excluding hydrogens is 257 g/mol. The second-order valence-electron chi connectivity index (χ2n) is 4.49. The molecule has 1 aliphatic rings. The fourth-order valence-corrected chi connectivity index (χ4v) is 2.34. The van der Waals surface area contributed by atoms with Crippen molar-refractivity contribution in [3.8, 4) is 0 Å². The maximum absolute atomic E-state index is 14.4. The summed E-state index contributed by atoms with van der Waals surface area (Å²) in [5.41, 5.74) is 3.39. The highest BCUT2D eigenvalue weighted by atomic mass is 19.3. The largest absolute Gasteiger partial charge is 0.385 e. The number of halogens is 3. The number of aliphatic imine (C=N–C) groups is 1. The third-order valence-electron chi connectivity index (χ3n) is 3.30. The van der Waals surface area contributed by atoms with Gasteiger partial charge in [0.05, 0.1) is 0 Å². The number of hydrogen-bond donors (Lipinski definition) is 1. The maximum Gasteiger partial charge on any atom is 0.299 e. The monoisotopic (exact) mass is 272 g/mol. The van der Waals surface area contributed by atoms with Gasteiger partial charge in [-0.25, -0.2) is 13.2 Å². The third kappa shape index (κ3) is 2.20. The summed E-state index contributed by atoms with van der Waals surface area (Å²) in [6.07, 6.45) is -0.0784. The van der Waals surface area contributed by atoms with Gasteiger partial charge in [-0.2, -0.15) is 0 Å². The van der Waals surface area contributed by atoms with Crippen LogP contribution in [0.4, 0.5) is 13.2 Å². The van der Waals surface area contributed by atoms with E-state index in [0.717, 1.165) is 6.07 Å². The Morgan fingerprint density at radius 2 is 2.05 bits per heavy atom. The van der Waals surface area contributed by atoms with Crippen LogP contribution >= 0.6 is 0 Å². The molecule has 1 unspecified atom stereocenters. The zero-order valence-corrected chi connectivity index (χ0v) is 10.5. The molecule has 1 heterocycles. The Balaban J connectivity index is 2.68. The number of amidine groups is 1. The summed E-state index contributed by atoms with van der Waals surface area (Å²) in [6, 6.07) is 5.40. The van der Waals surface area contributed by atoms with Gasteiger partial charge in [-0.05, 0) is 12.5 Å². The van der Waals surface area contributed by atoms with Crippen molar-refractivity contribution >= 4 is 5.84 Å². The Labute approximate surface area is 109 Å². The lowest BCUT2D eigenvalue weighted by Crippen LogP contribution is -2.46. The molecule has 0 saturated heterocycles. The van der Waals surface area contributed by atoms with E-state index in [-0.39, 0.29) is 24.4 Å². The van der Waals surface area contributed by atoms with Gasteiger partial charge in [-0.15, -0.1) is 0 Å². The fraction of sp³-hybridized carbons (Fsp3) is 0.462. The molecule has 1 aromatic carbocycles. The van der Waals surface area contributed by atoms with Crippen molar-refractivity contribution in [2.75, 3.05) is 13.2 Å². The first kappa shape index (κ1) is 13.9. The third-order valence-corrected chi connectivity index (χ3v) is 3.30. The van der Waals surface area contributed by atoms with Crippen LogP contribution in [0.2, 0.25) is 0 Å². The number of nitrogens with two attached hydrogens (primary N) is 1. The minimum Gasteiger partial charge on any atom is -0.385 e. The molecule has 1 atom stereocenters. The number of hydrogen-bond acceptors (Lipinski definition) is 3. The van der Waals surface area contributed by atoms with E-state index in [4.69, 9.17) is 10.5 Å². The predicted octanol–water partition coefficient (Wildman–Crippen LogP) is 2.45. The van der Waals surface area contributed by atoms with Crippen LogP contribution in [0.5, 0.6) is 0 Å². The number of rotatable bonds is 2. The van der Waals surface area contributed by atoms with Crippen LogP contribution in [-0.2, 0) is 10.3 Å². The predicted molar refractivity (Wildman–Crippen MR) is 65.8 cm³/mol. The normalized spacial score (nSPS) is 26.6. The van der Waals surface area contributed by atoms with E-state index in [1.165, 1.54) is 25.1 Å². The molecule has 19 heavy (non-hydrogen) atoms. The van der Waals surface area contributed by atoms with Gasteiger partial charge < -0.3 is 10.5 Å². The molecular formula is C13H15F3N2O. The second kappa shape index (κ2) is 4.85. The van der Waals surface area contributed by atoms with Crippen LogP contribution in [0, 0.1) is 5.82 Å².